The first kappa shape index (κ1) is 19.4. The minimum absolute atomic E-state index is 0.159. The van der Waals surface area contributed by atoms with Crippen LogP contribution in [0.5, 0.6) is 0 Å². The Morgan fingerprint density at radius 3 is 2.62 bits per heavy atom. The normalized spacial score (nSPS) is 11.5. The number of halogens is 1. The molecule has 0 aliphatic heterocycles. The molecule has 0 saturated carbocycles. The Balaban J connectivity index is 1.99. The summed E-state index contributed by atoms with van der Waals surface area (Å²) in [5, 5.41) is 14.3. The number of esters is 1. The van der Waals surface area contributed by atoms with Crippen LogP contribution in [0.1, 0.15) is 34.5 Å². The van der Waals surface area contributed by atoms with Crippen LogP contribution in [0.25, 0.3) is 0 Å². The van der Waals surface area contributed by atoms with E-state index in [1.54, 1.807) is 44.2 Å². The van der Waals surface area contributed by atoms with Crippen LogP contribution in [0.3, 0.4) is 0 Å². The van der Waals surface area contributed by atoms with Gasteiger partial charge < -0.3 is 10.1 Å². The molecule has 2 rings (SSSR count). The second kappa shape index (κ2) is 8.44. The van der Waals surface area contributed by atoms with E-state index < -0.39 is 23.4 Å². The maximum absolute atomic E-state index is 12.2. The SMILES string of the molecule is Cc1cccc([N+](=O)[O-])c1C(=O)OCC(=O)NC(C)c1cccc(Cl)c1. The van der Waals surface area contributed by atoms with Gasteiger partial charge in [-0.15, -0.1) is 0 Å². The third kappa shape index (κ3) is 4.80. The highest BCUT2D eigenvalue weighted by Gasteiger charge is 2.24. The molecule has 1 unspecified atom stereocenters. The van der Waals surface area contributed by atoms with Gasteiger partial charge in [0, 0.05) is 11.1 Å². The van der Waals surface area contributed by atoms with Gasteiger partial charge >= 0.3 is 5.97 Å². The first-order valence-electron chi connectivity index (χ1n) is 7.75. The van der Waals surface area contributed by atoms with E-state index in [4.69, 9.17) is 16.3 Å². The van der Waals surface area contributed by atoms with Crippen molar-refractivity contribution in [2.24, 2.45) is 0 Å². The molecule has 7 nitrogen and oxygen atoms in total. The Labute approximate surface area is 155 Å². The Kier molecular flexibility index (Phi) is 6.30. The Morgan fingerprint density at radius 1 is 1.27 bits per heavy atom. The average molecular weight is 377 g/mol. The molecule has 0 aliphatic carbocycles. The minimum Gasteiger partial charge on any atom is -0.452 e. The fourth-order valence-corrected chi connectivity index (χ4v) is 2.61. The number of carbonyl (C=O) groups excluding carboxylic acids is 2. The van der Waals surface area contributed by atoms with E-state index in [-0.39, 0.29) is 17.3 Å². The van der Waals surface area contributed by atoms with Crippen molar-refractivity contribution in [3.63, 3.8) is 0 Å². The highest BCUT2D eigenvalue weighted by Crippen LogP contribution is 2.22. The highest BCUT2D eigenvalue weighted by atomic mass is 35.5. The lowest BCUT2D eigenvalue weighted by Gasteiger charge is -2.15. The third-order valence-corrected chi connectivity index (χ3v) is 3.95. The predicted molar refractivity (Wildman–Crippen MR) is 96.1 cm³/mol. The summed E-state index contributed by atoms with van der Waals surface area (Å²) in [7, 11) is 0. The molecule has 0 heterocycles. The third-order valence-electron chi connectivity index (χ3n) is 3.71. The molecule has 8 heteroatoms. The van der Waals surface area contributed by atoms with E-state index in [0.717, 1.165) is 5.56 Å². The quantitative estimate of drug-likeness (QED) is 0.472. The van der Waals surface area contributed by atoms with E-state index in [1.807, 2.05) is 0 Å². The maximum Gasteiger partial charge on any atom is 0.345 e. The standard InChI is InChI=1S/C18H17ClN2O5/c1-11-5-3-8-15(21(24)25)17(11)18(23)26-10-16(22)20-12(2)13-6-4-7-14(19)9-13/h3-9,12H,10H2,1-2H3,(H,20,22). The van der Waals surface area contributed by atoms with E-state index in [9.17, 15) is 19.7 Å². The molecule has 0 spiro atoms. The van der Waals surface area contributed by atoms with Crippen molar-refractivity contribution in [2.75, 3.05) is 6.61 Å². The van der Waals surface area contributed by atoms with E-state index in [0.29, 0.717) is 10.6 Å². The molecule has 1 N–H and O–H groups in total. The molecule has 2 aromatic carbocycles. The summed E-state index contributed by atoms with van der Waals surface area (Å²) >= 11 is 5.91. The molecule has 0 aliphatic rings. The first-order chi connectivity index (χ1) is 12.3. The number of aryl methyl sites for hydroxylation is 1. The minimum atomic E-state index is -0.916. The van der Waals surface area contributed by atoms with Crippen molar-refractivity contribution < 1.29 is 19.2 Å². The van der Waals surface area contributed by atoms with Crippen molar-refractivity contribution in [1.29, 1.82) is 0 Å². The monoisotopic (exact) mass is 376 g/mol. The van der Waals surface area contributed by atoms with Gasteiger partial charge in [-0.25, -0.2) is 4.79 Å². The van der Waals surface area contributed by atoms with Crippen molar-refractivity contribution in [3.05, 3.63) is 74.3 Å². The number of nitro benzene ring substituents is 1. The van der Waals surface area contributed by atoms with Gasteiger partial charge in [0.1, 0.15) is 5.56 Å². The molecule has 1 amide bonds. The number of carbonyl (C=O) groups is 2. The largest absolute Gasteiger partial charge is 0.452 e. The molecule has 0 radical (unpaired) electrons. The summed E-state index contributed by atoms with van der Waals surface area (Å²) < 4.78 is 4.94. The fraction of sp³-hybridized carbons (Fsp3) is 0.222. The molecule has 0 saturated heterocycles. The van der Waals surface area contributed by atoms with Crippen LogP contribution < -0.4 is 5.32 Å². The summed E-state index contributed by atoms with van der Waals surface area (Å²) in [6.07, 6.45) is 0. The highest BCUT2D eigenvalue weighted by molar-refractivity contribution is 6.30. The summed E-state index contributed by atoms with van der Waals surface area (Å²) in [5.41, 5.74) is 0.680. The maximum atomic E-state index is 12.2. The van der Waals surface area contributed by atoms with Gasteiger partial charge in [0.05, 0.1) is 11.0 Å². The van der Waals surface area contributed by atoms with Crippen LogP contribution in [0.15, 0.2) is 42.5 Å². The molecule has 1 atom stereocenters. The lowest BCUT2D eigenvalue weighted by molar-refractivity contribution is -0.385. The summed E-state index contributed by atoms with van der Waals surface area (Å²) in [4.78, 5) is 34.6. The lowest BCUT2D eigenvalue weighted by Crippen LogP contribution is -2.31. The number of hydrogen-bond donors (Lipinski definition) is 1. The van der Waals surface area contributed by atoms with Crippen molar-refractivity contribution in [1.82, 2.24) is 5.32 Å². The summed E-state index contributed by atoms with van der Waals surface area (Å²) in [6.45, 7) is 2.78. The van der Waals surface area contributed by atoms with E-state index >= 15 is 0 Å². The Hall–Kier alpha value is -2.93. The molecule has 0 bridgehead atoms. The van der Waals surface area contributed by atoms with Crippen LogP contribution in [0, 0.1) is 17.0 Å². The van der Waals surface area contributed by atoms with Gasteiger partial charge in [0.25, 0.3) is 11.6 Å². The lowest BCUT2D eigenvalue weighted by atomic mass is 10.1. The predicted octanol–water partition coefficient (Wildman–Crippen LogP) is 3.59. The second-order valence-electron chi connectivity index (χ2n) is 5.65. The Bertz CT molecular complexity index is 853. The van der Waals surface area contributed by atoms with Gasteiger partial charge in [-0.05, 0) is 37.1 Å². The smallest absolute Gasteiger partial charge is 0.345 e. The van der Waals surface area contributed by atoms with Gasteiger partial charge in [0.2, 0.25) is 0 Å². The van der Waals surface area contributed by atoms with Crippen molar-refractivity contribution in [2.45, 2.75) is 19.9 Å². The van der Waals surface area contributed by atoms with Crippen LogP contribution in [0.4, 0.5) is 5.69 Å². The van der Waals surface area contributed by atoms with Gasteiger partial charge in [-0.1, -0.05) is 35.9 Å². The van der Waals surface area contributed by atoms with Gasteiger partial charge in [-0.3, -0.25) is 14.9 Å². The number of nitrogens with zero attached hydrogens (tertiary/aromatic N) is 1. The van der Waals surface area contributed by atoms with Crippen LogP contribution in [0.2, 0.25) is 5.02 Å². The topological polar surface area (TPSA) is 98.5 Å². The van der Waals surface area contributed by atoms with Crippen molar-refractivity contribution >= 4 is 29.2 Å². The molecular weight excluding hydrogens is 360 g/mol. The number of hydrogen-bond acceptors (Lipinski definition) is 5. The van der Waals surface area contributed by atoms with Crippen LogP contribution in [-0.4, -0.2) is 23.4 Å². The van der Waals surface area contributed by atoms with Gasteiger partial charge in [-0.2, -0.15) is 0 Å². The van der Waals surface area contributed by atoms with E-state index in [2.05, 4.69) is 5.32 Å². The van der Waals surface area contributed by atoms with E-state index in [1.165, 1.54) is 12.1 Å². The zero-order valence-electron chi connectivity index (χ0n) is 14.2. The number of rotatable bonds is 6. The second-order valence-corrected chi connectivity index (χ2v) is 6.08. The molecule has 136 valence electrons. The number of nitro groups is 1. The number of amides is 1. The summed E-state index contributed by atoms with van der Waals surface area (Å²) in [6, 6.07) is 10.9. The van der Waals surface area contributed by atoms with Crippen LogP contribution in [-0.2, 0) is 9.53 Å². The zero-order chi connectivity index (χ0) is 19.3. The Morgan fingerprint density at radius 2 is 1.96 bits per heavy atom. The van der Waals surface area contributed by atoms with Crippen LogP contribution >= 0.6 is 11.6 Å². The molecule has 2 aromatic rings. The first-order valence-corrected chi connectivity index (χ1v) is 8.13. The number of nitrogens with one attached hydrogen (secondary N) is 1. The molecular formula is C18H17ClN2O5. The number of ether oxygens (including phenoxy) is 1. The van der Waals surface area contributed by atoms with Crippen molar-refractivity contribution in [3.8, 4) is 0 Å². The average Bonchev–Trinajstić information content (AvgIpc) is 2.59. The molecule has 26 heavy (non-hydrogen) atoms. The van der Waals surface area contributed by atoms with Gasteiger partial charge in [0.15, 0.2) is 6.61 Å². The molecule has 0 fully saturated rings. The molecule has 0 aromatic heterocycles. The fourth-order valence-electron chi connectivity index (χ4n) is 2.42. The number of benzene rings is 2. The zero-order valence-corrected chi connectivity index (χ0v) is 14.9. The summed E-state index contributed by atoms with van der Waals surface area (Å²) in [5.74, 6) is -1.44.